The highest BCUT2D eigenvalue weighted by molar-refractivity contribution is 5.92. The number of aliphatic hydroxyl groups is 1. The Bertz CT molecular complexity index is 173. The lowest BCUT2D eigenvalue weighted by molar-refractivity contribution is -0.117. The molecule has 0 bridgehead atoms. The molecule has 3 heteroatoms. The SMILES string of the molecule is CCNC(=O)C(C)=CCC(C)O. The summed E-state index contributed by atoms with van der Waals surface area (Å²) in [7, 11) is 0. The Morgan fingerprint density at radius 2 is 2.25 bits per heavy atom. The van der Waals surface area contributed by atoms with Crippen molar-refractivity contribution in [3.8, 4) is 0 Å². The van der Waals surface area contributed by atoms with Crippen molar-refractivity contribution in [3.63, 3.8) is 0 Å². The zero-order chi connectivity index (χ0) is 9.56. The van der Waals surface area contributed by atoms with Gasteiger partial charge in [0.1, 0.15) is 0 Å². The molecule has 1 amide bonds. The van der Waals surface area contributed by atoms with Crippen molar-refractivity contribution < 1.29 is 9.90 Å². The van der Waals surface area contributed by atoms with Gasteiger partial charge in [0.15, 0.2) is 0 Å². The molecule has 2 N–H and O–H groups in total. The normalized spacial score (nSPS) is 14.2. The zero-order valence-electron chi connectivity index (χ0n) is 7.92. The number of carbonyl (C=O) groups excluding carboxylic acids is 1. The molecule has 0 spiro atoms. The van der Waals surface area contributed by atoms with Crippen LogP contribution in [0.2, 0.25) is 0 Å². The second kappa shape index (κ2) is 5.77. The molecule has 0 aliphatic carbocycles. The molecular formula is C9H17NO2. The van der Waals surface area contributed by atoms with Crippen LogP contribution in [-0.2, 0) is 4.79 Å². The summed E-state index contributed by atoms with van der Waals surface area (Å²) in [5.41, 5.74) is 0.665. The smallest absolute Gasteiger partial charge is 0.246 e. The van der Waals surface area contributed by atoms with Crippen LogP contribution in [0.25, 0.3) is 0 Å². The van der Waals surface area contributed by atoms with E-state index in [1.54, 1.807) is 19.9 Å². The number of nitrogens with one attached hydrogen (secondary N) is 1. The van der Waals surface area contributed by atoms with Crippen molar-refractivity contribution >= 4 is 5.91 Å². The third kappa shape index (κ3) is 4.91. The van der Waals surface area contributed by atoms with Gasteiger partial charge in [0.2, 0.25) is 5.91 Å². The van der Waals surface area contributed by atoms with Gasteiger partial charge in [-0.3, -0.25) is 4.79 Å². The monoisotopic (exact) mass is 171 g/mol. The minimum Gasteiger partial charge on any atom is -0.393 e. The summed E-state index contributed by atoms with van der Waals surface area (Å²) in [5, 5.41) is 11.6. The van der Waals surface area contributed by atoms with Crippen molar-refractivity contribution in [2.24, 2.45) is 0 Å². The van der Waals surface area contributed by atoms with Crippen LogP contribution in [0.1, 0.15) is 27.2 Å². The second-order valence-electron chi connectivity index (χ2n) is 2.83. The van der Waals surface area contributed by atoms with Gasteiger partial charge in [-0.1, -0.05) is 6.08 Å². The Balaban J connectivity index is 3.90. The van der Waals surface area contributed by atoms with E-state index in [1.807, 2.05) is 6.92 Å². The maximum atomic E-state index is 11.1. The molecule has 0 aliphatic heterocycles. The van der Waals surface area contributed by atoms with Gasteiger partial charge in [-0.05, 0) is 27.2 Å². The van der Waals surface area contributed by atoms with Crippen molar-refractivity contribution in [3.05, 3.63) is 11.6 Å². The standard InChI is InChI=1S/C9H17NO2/c1-4-10-9(12)7(2)5-6-8(3)11/h5,8,11H,4,6H2,1-3H3,(H,10,12). The maximum Gasteiger partial charge on any atom is 0.246 e. The van der Waals surface area contributed by atoms with Gasteiger partial charge in [0, 0.05) is 12.1 Å². The Morgan fingerprint density at radius 3 is 2.67 bits per heavy atom. The molecule has 0 aliphatic rings. The first kappa shape index (κ1) is 11.2. The van der Waals surface area contributed by atoms with E-state index in [1.165, 1.54) is 0 Å². The highest BCUT2D eigenvalue weighted by atomic mass is 16.3. The predicted octanol–water partition coefficient (Wildman–Crippen LogP) is 0.840. The van der Waals surface area contributed by atoms with E-state index >= 15 is 0 Å². The van der Waals surface area contributed by atoms with Gasteiger partial charge < -0.3 is 10.4 Å². The fourth-order valence-corrected chi connectivity index (χ4v) is 0.740. The quantitative estimate of drug-likeness (QED) is 0.616. The van der Waals surface area contributed by atoms with Crippen LogP contribution in [0.4, 0.5) is 0 Å². The Hall–Kier alpha value is -0.830. The number of aliphatic hydroxyl groups excluding tert-OH is 1. The van der Waals surface area contributed by atoms with Gasteiger partial charge in [-0.2, -0.15) is 0 Å². The highest BCUT2D eigenvalue weighted by Crippen LogP contribution is 1.98. The first-order valence-corrected chi connectivity index (χ1v) is 4.21. The molecule has 0 heterocycles. The first-order chi connectivity index (χ1) is 5.57. The number of likely N-dealkylation sites (N-methyl/N-ethyl adjacent to an activating group) is 1. The predicted molar refractivity (Wildman–Crippen MR) is 48.7 cm³/mol. The van der Waals surface area contributed by atoms with E-state index in [-0.39, 0.29) is 12.0 Å². The summed E-state index contributed by atoms with van der Waals surface area (Å²) in [5.74, 6) is -0.0573. The second-order valence-corrected chi connectivity index (χ2v) is 2.83. The summed E-state index contributed by atoms with van der Waals surface area (Å²) in [6.45, 7) is 5.95. The van der Waals surface area contributed by atoms with Gasteiger partial charge in [-0.15, -0.1) is 0 Å². The molecule has 0 rings (SSSR count). The Labute approximate surface area is 73.5 Å². The van der Waals surface area contributed by atoms with E-state index in [4.69, 9.17) is 5.11 Å². The molecule has 3 nitrogen and oxygen atoms in total. The van der Waals surface area contributed by atoms with E-state index in [0.29, 0.717) is 18.5 Å². The molecule has 0 aromatic carbocycles. The summed E-state index contributed by atoms with van der Waals surface area (Å²) in [6.07, 6.45) is 1.90. The van der Waals surface area contributed by atoms with Crippen molar-refractivity contribution in [2.75, 3.05) is 6.54 Å². The van der Waals surface area contributed by atoms with Crippen molar-refractivity contribution in [1.82, 2.24) is 5.32 Å². The lowest BCUT2D eigenvalue weighted by Gasteiger charge is -2.02. The van der Waals surface area contributed by atoms with Crippen LogP contribution in [0.3, 0.4) is 0 Å². The Morgan fingerprint density at radius 1 is 1.67 bits per heavy atom. The van der Waals surface area contributed by atoms with Crippen LogP contribution in [0.15, 0.2) is 11.6 Å². The molecule has 0 radical (unpaired) electrons. The van der Waals surface area contributed by atoms with Gasteiger partial charge in [-0.25, -0.2) is 0 Å². The van der Waals surface area contributed by atoms with Crippen LogP contribution in [0.5, 0.6) is 0 Å². The van der Waals surface area contributed by atoms with Gasteiger partial charge >= 0.3 is 0 Å². The largest absolute Gasteiger partial charge is 0.393 e. The molecule has 0 saturated carbocycles. The summed E-state index contributed by atoms with van der Waals surface area (Å²) >= 11 is 0. The van der Waals surface area contributed by atoms with Crippen molar-refractivity contribution in [2.45, 2.75) is 33.3 Å². The lowest BCUT2D eigenvalue weighted by Crippen LogP contribution is -2.23. The van der Waals surface area contributed by atoms with Crippen molar-refractivity contribution in [1.29, 1.82) is 0 Å². The number of hydrogen-bond donors (Lipinski definition) is 2. The van der Waals surface area contributed by atoms with E-state index in [9.17, 15) is 4.79 Å². The lowest BCUT2D eigenvalue weighted by atomic mass is 10.2. The minimum absolute atomic E-state index is 0.0573. The van der Waals surface area contributed by atoms with E-state index in [2.05, 4.69) is 5.32 Å². The average molecular weight is 171 g/mol. The minimum atomic E-state index is -0.380. The molecule has 0 saturated heterocycles. The molecule has 1 unspecified atom stereocenters. The fourth-order valence-electron chi connectivity index (χ4n) is 0.740. The zero-order valence-corrected chi connectivity index (χ0v) is 7.92. The van der Waals surface area contributed by atoms with Crippen LogP contribution in [0, 0.1) is 0 Å². The third-order valence-electron chi connectivity index (χ3n) is 1.46. The van der Waals surface area contributed by atoms with Crippen LogP contribution >= 0.6 is 0 Å². The molecule has 0 aromatic rings. The first-order valence-electron chi connectivity index (χ1n) is 4.21. The molecule has 0 fully saturated rings. The maximum absolute atomic E-state index is 11.1. The molecule has 70 valence electrons. The van der Waals surface area contributed by atoms with Gasteiger partial charge in [0.25, 0.3) is 0 Å². The van der Waals surface area contributed by atoms with E-state index in [0.717, 1.165) is 0 Å². The number of rotatable bonds is 4. The summed E-state index contributed by atoms with van der Waals surface area (Å²) in [4.78, 5) is 11.1. The number of amides is 1. The molecule has 1 atom stereocenters. The average Bonchev–Trinajstić information content (AvgIpc) is 2.00. The summed E-state index contributed by atoms with van der Waals surface area (Å²) < 4.78 is 0. The molecule has 12 heavy (non-hydrogen) atoms. The van der Waals surface area contributed by atoms with Crippen LogP contribution < -0.4 is 5.32 Å². The molecule has 0 aromatic heterocycles. The van der Waals surface area contributed by atoms with E-state index < -0.39 is 0 Å². The van der Waals surface area contributed by atoms with Gasteiger partial charge in [0.05, 0.1) is 6.10 Å². The Kier molecular flexibility index (Phi) is 5.37. The third-order valence-corrected chi connectivity index (χ3v) is 1.46. The number of carbonyl (C=O) groups is 1. The summed E-state index contributed by atoms with van der Waals surface area (Å²) in [6, 6.07) is 0. The number of hydrogen-bond acceptors (Lipinski definition) is 2. The fraction of sp³-hybridized carbons (Fsp3) is 0.667. The topological polar surface area (TPSA) is 49.3 Å². The molecular weight excluding hydrogens is 154 g/mol. The van der Waals surface area contributed by atoms with Crippen LogP contribution in [-0.4, -0.2) is 23.7 Å². The highest BCUT2D eigenvalue weighted by Gasteiger charge is 2.01.